The van der Waals surface area contributed by atoms with Crippen molar-refractivity contribution in [2.24, 2.45) is 0 Å². The largest absolute Gasteiger partial charge is 0.494 e. The molecule has 3 rings (SSSR count). The zero-order valence-electron chi connectivity index (χ0n) is 16.5. The second kappa shape index (κ2) is 10.6. The smallest absolute Gasteiger partial charge is 0.228 e. The molecule has 3 aromatic rings. The molecule has 0 atom stereocenters. The quantitative estimate of drug-likeness (QED) is 0.472. The Bertz CT molecular complexity index is 911. The van der Waals surface area contributed by atoms with Crippen molar-refractivity contribution >= 4 is 23.2 Å². The second-order valence-corrected chi connectivity index (χ2v) is 7.16. The van der Waals surface area contributed by atoms with E-state index in [-0.39, 0.29) is 12.3 Å². The summed E-state index contributed by atoms with van der Waals surface area (Å²) in [5.74, 6) is 0.691. The number of nitrogens with zero attached hydrogens (tertiary/aromatic N) is 3. The molecule has 7 heteroatoms. The number of rotatable bonds is 10. The number of amides is 1. The van der Waals surface area contributed by atoms with Gasteiger partial charge in [-0.15, -0.1) is 0 Å². The second-order valence-electron chi connectivity index (χ2n) is 6.75. The number of unbranched alkanes of at least 4 members (excludes halogenated alkanes) is 3. The number of carbonyl (C=O) groups is 1. The van der Waals surface area contributed by atoms with Gasteiger partial charge in [0, 0.05) is 0 Å². The number of anilines is 1. The fraction of sp³-hybridized carbons (Fsp3) is 0.318. The van der Waals surface area contributed by atoms with E-state index in [9.17, 15) is 4.79 Å². The van der Waals surface area contributed by atoms with Gasteiger partial charge in [-0.05, 0) is 36.2 Å². The summed E-state index contributed by atoms with van der Waals surface area (Å²) < 4.78 is 7.28. The van der Waals surface area contributed by atoms with Crippen molar-refractivity contribution < 1.29 is 9.53 Å². The van der Waals surface area contributed by atoms with Gasteiger partial charge in [-0.2, -0.15) is 5.10 Å². The van der Waals surface area contributed by atoms with Crippen LogP contribution in [0.5, 0.6) is 5.75 Å². The highest BCUT2D eigenvalue weighted by molar-refractivity contribution is 6.33. The number of nitrogens with one attached hydrogen (secondary N) is 1. The van der Waals surface area contributed by atoms with Crippen molar-refractivity contribution in [3.63, 3.8) is 0 Å². The lowest BCUT2D eigenvalue weighted by Gasteiger charge is -2.12. The highest BCUT2D eigenvalue weighted by Crippen LogP contribution is 2.28. The molecule has 0 bridgehead atoms. The number of carbonyl (C=O) groups excluding carboxylic acids is 1. The molecule has 0 radical (unpaired) electrons. The number of hydrogen-bond acceptors (Lipinski definition) is 4. The Morgan fingerprint density at radius 1 is 1.14 bits per heavy atom. The normalized spacial score (nSPS) is 10.7. The lowest BCUT2D eigenvalue weighted by Crippen LogP contribution is -2.16. The molecule has 1 aromatic heterocycles. The molecule has 1 amide bonds. The molecule has 152 valence electrons. The predicted octanol–water partition coefficient (Wildman–Crippen LogP) is 5.06. The molecule has 1 heterocycles. The molecular formula is C22H25ClN4O2. The van der Waals surface area contributed by atoms with E-state index in [1.807, 2.05) is 24.3 Å². The Kier molecular flexibility index (Phi) is 7.64. The van der Waals surface area contributed by atoms with Gasteiger partial charge in [-0.1, -0.05) is 56.0 Å². The maximum Gasteiger partial charge on any atom is 0.228 e. The van der Waals surface area contributed by atoms with Crippen LogP contribution in [0, 0.1) is 0 Å². The maximum absolute atomic E-state index is 12.5. The molecule has 0 fully saturated rings. The van der Waals surface area contributed by atoms with Crippen LogP contribution in [0.3, 0.4) is 0 Å². The van der Waals surface area contributed by atoms with Crippen molar-refractivity contribution in [1.82, 2.24) is 14.8 Å². The zero-order chi connectivity index (χ0) is 20.5. The topological polar surface area (TPSA) is 69.0 Å². The van der Waals surface area contributed by atoms with E-state index in [0.717, 1.165) is 24.3 Å². The van der Waals surface area contributed by atoms with E-state index in [1.165, 1.54) is 36.6 Å². The maximum atomic E-state index is 12.5. The van der Waals surface area contributed by atoms with Crippen LogP contribution < -0.4 is 10.1 Å². The molecule has 6 nitrogen and oxygen atoms in total. The van der Waals surface area contributed by atoms with Gasteiger partial charge in [0.25, 0.3) is 0 Å². The Labute approximate surface area is 175 Å². The molecule has 0 aliphatic carbocycles. The fourth-order valence-electron chi connectivity index (χ4n) is 2.97. The molecule has 0 aliphatic heterocycles. The molecule has 0 saturated carbocycles. The van der Waals surface area contributed by atoms with Crippen LogP contribution in [0.4, 0.5) is 5.69 Å². The lowest BCUT2D eigenvalue weighted by atomic mass is 10.1. The lowest BCUT2D eigenvalue weighted by molar-refractivity contribution is -0.115. The first kappa shape index (κ1) is 20.9. The molecule has 0 spiro atoms. The van der Waals surface area contributed by atoms with E-state index in [1.54, 1.807) is 18.2 Å². The highest BCUT2D eigenvalue weighted by Gasteiger charge is 2.13. The molecule has 29 heavy (non-hydrogen) atoms. The number of para-hydroxylation sites is 1. The van der Waals surface area contributed by atoms with Gasteiger partial charge in [0.15, 0.2) is 0 Å². The molecular weight excluding hydrogens is 388 g/mol. The standard InChI is InChI=1S/C22H25ClN4O2/c1-2-3-4-5-13-29-18-11-9-17(10-12-18)14-21(28)26-20-8-6-7-19(23)22(20)27-16-24-15-25-27/h6-12,15-16H,2-5,13-14H2,1H3,(H,26,28). The van der Waals surface area contributed by atoms with Crippen LogP contribution in [0.15, 0.2) is 55.1 Å². The third-order valence-corrected chi connectivity index (χ3v) is 4.77. The van der Waals surface area contributed by atoms with Crippen LogP contribution >= 0.6 is 11.6 Å². The summed E-state index contributed by atoms with van der Waals surface area (Å²) in [5, 5.41) is 7.50. The summed E-state index contributed by atoms with van der Waals surface area (Å²) >= 11 is 6.30. The third kappa shape index (κ3) is 6.06. The SMILES string of the molecule is CCCCCCOc1ccc(CC(=O)Nc2cccc(Cl)c2-n2cncn2)cc1. The molecule has 1 N–H and O–H groups in total. The first-order valence-electron chi connectivity index (χ1n) is 9.82. The molecule has 0 saturated heterocycles. The van der Waals surface area contributed by atoms with Crippen molar-refractivity contribution in [2.45, 2.75) is 39.0 Å². The summed E-state index contributed by atoms with van der Waals surface area (Å²) in [6, 6.07) is 13.0. The van der Waals surface area contributed by atoms with E-state index < -0.39 is 0 Å². The Morgan fingerprint density at radius 3 is 2.69 bits per heavy atom. The molecule has 0 aliphatic rings. The van der Waals surface area contributed by atoms with Gasteiger partial charge in [0.2, 0.25) is 5.91 Å². The van der Waals surface area contributed by atoms with E-state index >= 15 is 0 Å². The number of benzene rings is 2. The van der Waals surface area contributed by atoms with Gasteiger partial charge in [0.05, 0.1) is 23.7 Å². The summed E-state index contributed by atoms with van der Waals surface area (Å²) in [5.41, 5.74) is 2.08. The van der Waals surface area contributed by atoms with Gasteiger partial charge in [-0.25, -0.2) is 9.67 Å². The third-order valence-electron chi connectivity index (χ3n) is 4.46. The first-order valence-corrected chi connectivity index (χ1v) is 10.2. The van der Waals surface area contributed by atoms with Gasteiger partial charge in [0.1, 0.15) is 24.1 Å². The van der Waals surface area contributed by atoms with Gasteiger partial charge >= 0.3 is 0 Å². The Hall–Kier alpha value is -2.86. The van der Waals surface area contributed by atoms with Gasteiger partial charge in [-0.3, -0.25) is 4.79 Å². The van der Waals surface area contributed by atoms with Crippen LogP contribution in [-0.2, 0) is 11.2 Å². The number of halogens is 1. The van der Waals surface area contributed by atoms with Gasteiger partial charge < -0.3 is 10.1 Å². The van der Waals surface area contributed by atoms with E-state index in [4.69, 9.17) is 16.3 Å². The minimum atomic E-state index is -0.137. The van der Waals surface area contributed by atoms with E-state index in [2.05, 4.69) is 22.3 Å². The number of aromatic nitrogens is 3. The minimum absolute atomic E-state index is 0.137. The van der Waals surface area contributed by atoms with Crippen molar-refractivity contribution in [3.8, 4) is 11.4 Å². The number of hydrogen-bond donors (Lipinski definition) is 1. The average Bonchev–Trinajstić information content (AvgIpc) is 3.23. The monoisotopic (exact) mass is 412 g/mol. The predicted molar refractivity (Wildman–Crippen MR) is 115 cm³/mol. The molecule has 0 unspecified atom stereocenters. The fourth-order valence-corrected chi connectivity index (χ4v) is 3.24. The summed E-state index contributed by atoms with van der Waals surface area (Å²) in [7, 11) is 0. The zero-order valence-corrected chi connectivity index (χ0v) is 17.2. The van der Waals surface area contributed by atoms with Crippen LogP contribution in [0.25, 0.3) is 5.69 Å². The Balaban J connectivity index is 1.57. The van der Waals surface area contributed by atoms with Crippen LogP contribution in [0.1, 0.15) is 38.2 Å². The highest BCUT2D eigenvalue weighted by atomic mass is 35.5. The van der Waals surface area contributed by atoms with Crippen LogP contribution in [0.2, 0.25) is 5.02 Å². The summed E-state index contributed by atoms with van der Waals surface area (Å²) in [6.07, 6.45) is 7.91. The Morgan fingerprint density at radius 2 is 1.97 bits per heavy atom. The molecule has 2 aromatic carbocycles. The summed E-state index contributed by atoms with van der Waals surface area (Å²) in [6.45, 7) is 2.91. The van der Waals surface area contributed by atoms with E-state index in [0.29, 0.717) is 16.4 Å². The van der Waals surface area contributed by atoms with Crippen molar-refractivity contribution in [2.75, 3.05) is 11.9 Å². The van der Waals surface area contributed by atoms with Crippen LogP contribution in [-0.4, -0.2) is 27.3 Å². The van der Waals surface area contributed by atoms with Crippen molar-refractivity contribution in [3.05, 3.63) is 65.7 Å². The number of ether oxygens (including phenoxy) is 1. The van der Waals surface area contributed by atoms with Crippen molar-refractivity contribution in [1.29, 1.82) is 0 Å². The first-order chi connectivity index (χ1) is 14.2. The summed E-state index contributed by atoms with van der Waals surface area (Å²) in [4.78, 5) is 16.5. The minimum Gasteiger partial charge on any atom is -0.494 e. The average molecular weight is 413 g/mol.